The van der Waals surface area contributed by atoms with Crippen LogP contribution in [0.2, 0.25) is 0 Å². The molecular weight excluding hydrogens is 267 g/mol. The largest absolute Gasteiger partial charge is 0.416 e. The van der Waals surface area contributed by atoms with Crippen molar-refractivity contribution in [2.75, 3.05) is 0 Å². The molecule has 0 aliphatic carbocycles. The Bertz CT molecular complexity index is 608. The van der Waals surface area contributed by atoms with Crippen LogP contribution in [-0.4, -0.2) is 5.11 Å². The third-order valence-electron chi connectivity index (χ3n) is 3.08. The van der Waals surface area contributed by atoms with Gasteiger partial charge in [-0.15, -0.1) is 0 Å². The van der Waals surface area contributed by atoms with E-state index in [2.05, 4.69) is 0 Å². The Balaban J connectivity index is 2.58. The van der Waals surface area contributed by atoms with Gasteiger partial charge in [-0.05, 0) is 40.5 Å². The first kappa shape index (κ1) is 14.6. The van der Waals surface area contributed by atoms with Gasteiger partial charge in [0.1, 0.15) is 0 Å². The topological polar surface area (TPSA) is 46.2 Å². The summed E-state index contributed by atoms with van der Waals surface area (Å²) in [4.78, 5) is 0. The first-order valence-electron chi connectivity index (χ1n) is 6.06. The van der Waals surface area contributed by atoms with Gasteiger partial charge in [0.25, 0.3) is 0 Å². The number of alkyl halides is 3. The Morgan fingerprint density at radius 3 is 2.40 bits per heavy atom. The Morgan fingerprint density at radius 1 is 1.05 bits per heavy atom. The normalized spacial score (nSPS) is 11.7. The molecule has 0 aromatic heterocycles. The molecule has 2 aromatic carbocycles. The lowest BCUT2D eigenvalue weighted by molar-refractivity contribution is -0.137. The summed E-state index contributed by atoms with van der Waals surface area (Å²) in [5.74, 6) is 0. The third-order valence-corrected chi connectivity index (χ3v) is 3.08. The smallest absolute Gasteiger partial charge is 0.392 e. The fourth-order valence-corrected chi connectivity index (χ4v) is 2.04. The number of aliphatic hydroxyl groups excluding tert-OH is 1. The molecule has 0 amide bonds. The van der Waals surface area contributed by atoms with Crippen molar-refractivity contribution in [3.8, 4) is 11.1 Å². The van der Waals surface area contributed by atoms with Crippen LogP contribution in [0.4, 0.5) is 13.2 Å². The van der Waals surface area contributed by atoms with E-state index < -0.39 is 11.7 Å². The molecule has 2 nitrogen and oxygen atoms in total. The van der Waals surface area contributed by atoms with Gasteiger partial charge < -0.3 is 10.8 Å². The van der Waals surface area contributed by atoms with Gasteiger partial charge >= 0.3 is 6.18 Å². The molecule has 0 unspecified atom stereocenters. The molecule has 0 atom stereocenters. The molecule has 2 rings (SSSR count). The van der Waals surface area contributed by atoms with Crippen LogP contribution in [0.25, 0.3) is 11.1 Å². The highest BCUT2D eigenvalue weighted by molar-refractivity contribution is 5.69. The number of rotatable bonds is 3. The van der Waals surface area contributed by atoms with Crippen molar-refractivity contribution < 1.29 is 18.3 Å². The van der Waals surface area contributed by atoms with Crippen LogP contribution in [-0.2, 0) is 19.3 Å². The molecule has 20 heavy (non-hydrogen) atoms. The van der Waals surface area contributed by atoms with Crippen LogP contribution in [0.3, 0.4) is 0 Å². The lowest BCUT2D eigenvalue weighted by Gasteiger charge is -2.13. The van der Waals surface area contributed by atoms with E-state index in [-0.39, 0.29) is 13.2 Å². The summed E-state index contributed by atoms with van der Waals surface area (Å²) in [6.07, 6.45) is -4.39. The molecule has 0 fully saturated rings. The second-order valence-corrected chi connectivity index (χ2v) is 4.43. The number of aliphatic hydroxyl groups is 1. The van der Waals surface area contributed by atoms with E-state index in [4.69, 9.17) is 10.8 Å². The van der Waals surface area contributed by atoms with E-state index in [1.165, 1.54) is 6.07 Å². The molecule has 106 valence electrons. The number of hydrogen-bond acceptors (Lipinski definition) is 2. The minimum Gasteiger partial charge on any atom is -0.392 e. The van der Waals surface area contributed by atoms with Crippen molar-refractivity contribution in [2.24, 2.45) is 5.73 Å². The molecule has 0 aliphatic heterocycles. The zero-order chi connectivity index (χ0) is 14.8. The predicted molar refractivity (Wildman–Crippen MR) is 70.7 cm³/mol. The van der Waals surface area contributed by atoms with E-state index in [1.54, 1.807) is 24.3 Å². The Hall–Kier alpha value is -1.85. The molecule has 0 saturated carbocycles. The SMILES string of the molecule is NCc1ccc(C(F)(F)F)cc1-c1cccc(CO)c1. The zero-order valence-corrected chi connectivity index (χ0v) is 10.6. The van der Waals surface area contributed by atoms with Crippen molar-refractivity contribution in [1.82, 2.24) is 0 Å². The van der Waals surface area contributed by atoms with Crippen LogP contribution in [0, 0.1) is 0 Å². The molecule has 3 N–H and O–H groups in total. The number of halogens is 3. The van der Waals surface area contributed by atoms with Gasteiger partial charge in [-0.2, -0.15) is 13.2 Å². The van der Waals surface area contributed by atoms with E-state index in [1.807, 2.05) is 0 Å². The Kier molecular flexibility index (Phi) is 4.11. The Labute approximate surface area is 114 Å². The molecule has 0 radical (unpaired) electrons. The van der Waals surface area contributed by atoms with Crippen LogP contribution < -0.4 is 5.73 Å². The number of hydrogen-bond donors (Lipinski definition) is 2. The maximum Gasteiger partial charge on any atom is 0.416 e. The summed E-state index contributed by atoms with van der Waals surface area (Å²) in [6.45, 7) is -0.0123. The predicted octanol–water partition coefficient (Wildman–Crippen LogP) is 3.32. The van der Waals surface area contributed by atoms with Gasteiger partial charge in [-0.25, -0.2) is 0 Å². The number of benzene rings is 2. The van der Waals surface area contributed by atoms with Crippen LogP contribution >= 0.6 is 0 Å². The van der Waals surface area contributed by atoms with Crippen molar-refractivity contribution in [2.45, 2.75) is 19.3 Å². The first-order valence-corrected chi connectivity index (χ1v) is 6.06. The van der Waals surface area contributed by atoms with Gasteiger partial charge in [0, 0.05) is 6.54 Å². The highest BCUT2D eigenvalue weighted by Gasteiger charge is 2.31. The van der Waals surface area contributed by atoms with Crippen LogP contribution in [0.1, 0.15) is 16.7 Å². The first-order chi connectivity index (χ1) is 9.45. The third kappa shape index (κ3) is 3.00. The lowest BCUT2D eigenvalue weighted by atomic mass is 9.96. The second-order valence-electron chi connectivity index (χ2n) is 4.43. The van der Waals surface area contributed by atoms with E-state index in [0.29, 0.717) is 22.3 Å². The quantitative estimate of drug-likeness (QED) is 0.906. The van der Waals surface area contributed by atoms with Gasteiger partial charge in [0.2, 0.25) is 0 Å². The molecular formula is C15H14F3NO. The van der Waals surface area contributed by atoms with Crippen molar-refractivity contribution in [3.63, 3.8) is 0 Å². The molecule has 0 spiro atoms. The minimum absolute atomic E-state index is 0.150. The molecule has 0 aliphatic rings. The summed E-state index contributed by atoms with van der Waals surface area (Å²) in [6, 6.07) is 10.3. The van der Waals surface area contributed by atoms with Gasteiger partial charge in [-0.1, -0.05) is 24.3 Å². The number of nitrogens with two attached hydrogens (primary N) is 1. The monoisotopic (exact) mass is 281 g/mol. The summed E-state index contributed by atoms with van der Waals surface area (Å²) >= 11 is 0. The lowest BCUT2D eigenvalue weighted by Crippen LogP contribution is -2.07. The van der Waals surface area contributed by atoms with Crippen molar-refractivity contribution in [3.05, 3.63) is 59.2 Å². The standard InChI is InChI=1S/C15H14F3NO/c16-15(17,18)13-5-4-12(8-19)14(7-13)11-3-1-2-10(6-11)9-20/h1-7,20H,8-9,19H2. The summed E-state index contributed by atoms with van der Waals surface area (Å²) < 4.78 is 38.4. The maximum absolute atomic E-state index is 12.8. The molecule has 5 heteroatoms. The van der Waals surface area contributed by atoms with E-state index in [9.17, 15) is 13.2 Å². The van der Waals surface area contributed by atoms with Crippen LogP contribution in [0.15, 0.2) is 42.5 Å². The fourth-order valence-electron chi connectivity index (χ4n) is 2.04. The molecule has 0 saturated heterocycles. The van der Waals surface area contributed by atoms with Gasteiger partial charge in [0.15, 0.2) is 0 Å². The average Bonchev–Trinajstić information content (AvgIpc) is 2.45. The van der Waals surface area contributed by atoms with E-state index >= 15 is 0 Å². The minimum atomic E-state index is -4.39. The molecule has 0 heterocycles. The average molecular weight is 281 g/mol. The zero-order valence-electron chi connectivity index (χ0n) is 10.6. The van der Waals surface area contributed by atoms with Crippen molar-refractivity contribution in [1.29, 1.82) is 0 Å². The molecule has 0 bridgehead atoms. The van der Waals surface area contributed by atoms with Crippen molar-refractivity contribution >= 4 is 0 Å². The summed E-state index contributed by atoms with van der Waals surface area (Å²) in [5.41, 5.74) is 7.21. The Morgan fingerprint density at radius 2 is 1.80 bits per heavy atom. The van der Waals surface area contributed by atoms with Gasteiger partial charge in [0.05, 0.1) is 12.2 Å². The fraction of sp³-hybridized carbons (Fsp3) is 0.200. The van der Waals surface area contributed by atoms with E-state index in [0.717, 1.165) is 12.1 Å². The summed E-state index contributed by atoms with van der Waals surface area (Å²) in [5, 5.41) is 9.11. The highest BCUT2D eigenvalue weighted by atomic mass is 19.4. The highest BCUT2D eigenvalue weighted by Crippen LogP contribution is 2.34. The maximum atomic E-state index is 12.8. The summed E-state index contributed by atoms with van der Waals surface area (Å²) in [7, 11) is 0. The van der Waals surface area contributed by atoms with Crippen LogP contribution in [0.5, 0.6) is 0 Å². The molecule has 2 aromatic rings. The van der Waals surface area contributed by atoms with Gasteiger partial charge in [-0.3, -0.25) is 0 Å². The second kappa shape index (κ2) is 5.64.